The van der Waals surface area contributed by atoms with E-state index in [0.717, 1.165) is 11.3 Å². The van der Waals surface area contributed by atoms with Crippen molar-refractivity contribution in [1.82, 2.24) is 0 Å². The first-order chi connectivity index (χ1) is 11.3. The van der Waals surface area contributed by atoms with Crippen LogP contribution in [0.4, 0.5) is 0 Å². The Morgan fingerprint density at radius 1 is 1.04 bits per heavy atom. The lowest BCUT2D eigenvalue weighted by Crippen LogP contribution is -2.12. The van der Waals surface area contributed by atoms with E-state index in [-0.39, 0.29) is 19.0 Å². The third-order valence-electron chi connectivity index (χ3n) is 3.19. The van der Waals surface area contributed by atoms with Gasteiger partial charge in [-0.15, -0.1) is 0 Å². The SMILES string of the molecule is Cc1cccc(OCCOC(=O)c2ccc(CS(C)(=O)=O)cc2)c1. The average molecular weight is 348 g/mol. The number of carbonyl (C=O) groups is 1. The van der Waals surface area contributed by atoms with E-state index in [0.29, 0.717) is 11.1 Å². The first kappa shape index (κ1) is 18.0. The fraction of sp³-hybridized carbons (Fsp3) is 0.278. The molecule has 6 heteroatoms. The lowest BCUT2D eigenvalue weighted by molar-refractivity contribution is 0.0450. The zero-order valence-electron chi connectivity index (χ0n) is 13.7. The molecule has 0 N–H and O–H groups in total. The summed E-state index contributed by atoms with van der Waals surface area (Å²) in [5, 5.41) is 0. The van der Waals surface area contributed by atoms with Gasteiger partial charge in [-0.25, -0.2) is 13.2 Å². The second kappa shape index (κ2) is 7.97. The predicted molar refractivity (Wildman–Crippen MR) is 91.9 cm³/mol. The Kier molecular flexibility index (Phi) is 5.98. The van der Waals surface area contributed by atoms with E-state index in [1.165, 1.54) is 6.26 Å². The molecule has 2 rings (SSSR count). The minimum absolute atomic E-state index is 0.0489. The third-order valence-corrected chi connectivity index (χ3v) is 4.05. The number of sulfone groups is 1. The first-order valence-corrected chi connectivity index (χ1v) is 9.53. The Morgan fingerprint density at radius 3 is 2.38 bits per heavy atom. The van der Waals surface area contributed by atoms with Gasteiger partial charge in [-0.3, -0.25) is 0 Å². The van der Waals surface area contributed by atoms with Crippen molar-refractivity contribution in [3.8, 4) is 5.75 Å². The lowest BCUT2D eigenvalue weighted by atomic mass is 10.1. The molecule has 128 valence electrons. The van der Waals surface area contributed by atoms with Crippen LogP contribution in [0.3, 0.4) is 0 Å². The summed E-state index contributed by atoms with van der Waals surface area (Å²) in [5.41, 5.74) is 2.11. The maximum absolute atomic E-state index is 11.9. The first-order valence-electron chi connectivity index (χ1n) is 7.47. The summed E-state index contributed by atoms with van der Waals surface area (Å²) < 4.78 is 33.1. The maximum atomic E-state index is 11.9. The molecule has 0 aliphatic carbocycles. The fourth-order valence-corrected chi connectivity index (χ4v) is 2.92. The van der Waals surface area contributed by atoms with Gasteiger partial charge in [0.25, 0.3) is 0 Å². The highest BCUT2D eigenvalue weighted by Gasteiger charge is 2.09. The van der Waals surface area contributed by atoms with Gasteiger partial charge in [0.2, 0.25) is 0 Å². The number of esters is 1. The van der Waals surface area contributed by atoms with E-state index in [1.807, 2.05) is 31.2 Å². The summed E-state index contributed by atoms with van der Waals surface area (Å²) in [6.45, 7) is 2.37. The molecular formula is C18H20O5S. The minimum atomic E-state index is -3.09. The lowest BCUT2D eigenvalue weighted by Gasteiger charge is -2.08. The molecule has 0 aromatic heterocycles. The Hall–Kier alpha value is -2.34. The van der Waals surface area contributed by atoms with Crippen molar-refractivity contribution < 1.29 is 22.7 Å². The van der Waals surface area contributed by atoms with Gasteiger partial charge in [0, 0.05) is 6.26 Å². The van der Waals surface area contributed by atoms with E-state index in [1.54, 1.807) is 24.3 Å². The smallest absolute Gasteiger partial charge is 0.338 e. The van der Waals surface area contributed by atoms with Gasteiger partial charge >= 0.3 is 5.97 Å². The van der Waals surface area contributed by atoms with Gasteiger partial charge in [-0.2, -0.15) is 0 Å². The molecule has 0 heterocycles. The highest BCUT2D eigenvalue weighted by molar-refractivity contribution is 7.89. The van der Waals surface area contributed by atoms with Gasteiger partial charge in [0.1, 0.15) is 19.0 Å². The normalized spacial score (nSPS) is 11.1. The minimum Gasteiger partial charge on any atom is -0.490 e. The Labute approximate surface area is 142 Å². The molecule has 0 fully saturated rings. The van der Waals surface area contributed by atoms with Crippen LogP contribution in [-0.2, 0) is 20.3 Å². The summed E-state index contributed by atoms with van der Waals surface area (Å²) >= 11 is 0. The molecule has 2 aromatic rings. The molecular weight excluding hydrogens is 328 g/mol. The van der Waals surface area contributed by atoms with Crippen LogP contribution >= 0.6 is 0 Å². The molecule has 24 heavy (non-hydrogen) atoms. The van der Waals surface area contributed by atoms with Crippen molar-refractivity contribution >= 4 is 15.8 Å². The van der Waals surface area contributed by atoms with Gasteiger partial charge in [-0.1, -0.05) is 24.3 Å². The summed E-state index contributed by atoms with van der Waals surface area (Å²) in [7, 11) is -3.09. The number of benzene rings is 2. The van der Waals surface area contributed by atoms with Gasteiger partial charge < -0.3 is 9.47 Å². The van der Waals surface area contributed by atoms with Crippen molar-refractivity contribution in [1.29, 1.82) is 0 Å². The van der Waals surface area contributed by atoms with Crippen LogP contribution in [0.1, 0.15) is 21.5 Å². The molecule has 0 amide bonds. The quantitative estimate of drug-likeness (QED) is 0.568. The fourth-order valence-electron chi connectivity index (χ4n) is 2.12. The number of hydrogen-bond acceptors (Lipinski definition) is 5. The molecule has 0 aliphatic heterocycles. The van der Waals surface area contributed by atoms with Crippen molar-refractivity contribution in [3.05, 3.63) is 65.2 Å². The molecule has 0 aliphatic rings. The van der Waals surface area contributed by atoms with Crippen LogP contribution in [0.25, 0.3) is 0 Å². The zero-order chi connectivity index (χ0) is 17.6. The number of hydrogen-bond donors (Lipinski definition) is 0. The maximum Gasteiger partial charge on any atom is 0.338 e. The van der Waals surface area contributed by atoms with E-state index < -0.39 is 15.8 Å². The monoisotopic (exact) mass is 348 g/mol. The van der Waals surface area contributed by atoms with Crippen molar-refractivity contribution in [2.45, 2.75) is 12.7 Å². The number of carbonyl (C=O) groups excluding carboxylic acids is 1. The Bertz CT molecular complexity index is 794. The zero-order valence-corrected chi connectivity index (χ0v) is 14.5. The number of aryl methyl sites for hydroxylation is 1. The molecule has 0 spiro atoms. The molecule has 0 saturated heterocycles. The highest BCUT2D eigenvalue weighted by atomic mass is 32.2. The Morgan fingerprint density at radius 2 is 1.75 bits per heavy atom. The van der Waals surface area contributed by atoms with E-state index >= 15 is 0 Å². The van der Waals surface area contributed by atoms with Crippen LogP contribution in [0.5, 0.6) is 5.75 Å². The largest absolute Gasteiger partial charge is 0.490 e. The van der Waals surface area contributed by atoms with Crippen LogP contribution in [0, 0.1) is 6.92 Å². The second-order valence-corrected chi connectivity index (χ2v) is 7.71. The van der Waals surface area contributed by atoms with Gasteiger partial charge in [-0.05, 0) is 42.3 Å². The van der Waals surface area contributed by atoms with Crippen molar-refractivity contribution in [3.63, 3.8) is 0 Å². The average Bonchev–Trinajstić information content (AvgIpc) is 2.50. The van der Waals surface area contributed by atoms with Crippen LogP contribution in [0.15, 0.2) is 48.5 Å². The summed E-state index contributed by atoms with van der Waals surface area (Å²) in [4.78, 5) is 11.9. The molecule has 0 bridgehead atoms. The van der Waals surface area contributed by atoms with Crippen molar-refractivity contribution in [2.24, 2.45) is 0 Å². The molecule has 0 radical (unpaired) electrons. The topological polar surface area (TPSA) is 69.7 Å². The van der Waals surface area contributed by atoms with Gasteiger partial charge in [0.05, 0.1) is 11.3 Å². The van der Waals surface area contributed by atoms with Crippen LogP contribution in [-0.4, -0.2) is 33.9 Å². The van der Waals surface area contributed by atoms with Crippen molar-refractivity contribution in [2.75, 3.05) is 19.5 Å². The molecule has 5 nitrogen and oxygen atoms in total. The third kappa shape index (κ3) is 6.04. The molecule has 2 aromatic carbocycles. The molecule has 0 unspecified atom stereocenters. The van der Waals surface area contributed by atoms with Crippen LogP contribution < -0.4 is 4.74 Å². The van der Waals surface area contributed by atoms with E-state index in [4.69, 9.17) is 9.47 Å². The summed E-state index contributed by atoms with van der Waals surface area (Å²) in [6.07, 6.45) is 1.17. The highest BCUT2D eigenvalue weighted by Crippen LogP contribution is 2.12. The number of rotatable bonds is 7. The molecule has 0 saturated carbocycles. The summed E-state index contributed by atoms with van der Waals surface area (Å²) in [5.74, 6) is 0.220. The predicted octanol–water partition coefficient (Wildman–Crippen LogP) is 2.78. The summed E-state index contributed by atoms with van der Waals surface area (Å²) in [6, 6.07) is 14.0. The second-order valence-electron chi connectivity index (χ2n) is 5.57. The van der Waals surface area contributed by atoms with E-state index in [2.05, 4.69) is 0 Å². The number of ether oxygens (including phenoxy) is 2. The van der Waals surface area contributed by atoms with Crippen LogP contribution in [0.2, 0.25) is 0 Å². The molecule has 0 atom stereocenters. The Balaban J connectivity index is 1.80. The van der Waals surface area contributed by atoms with E-state index in [9.17, 15) is 13.2 Å². The van der Waals surface area contributed by atoms with Gasteiger partial charge in [0.15, 0.2) is 9.84 Å². The standard InChI is InChI=1S/C18H20O5S/c1-14-4-3-5-17(12-14)22-10-11-23-18(19)16-8-6-15(7-9-16)13-24(2,20)21/h3-9,12H,10-11,13H2,1-2H3.